The highest BCUT2D eigenvalue weighted by molar-refractivity contribution is 7.98. The van der Waals surface area contributed by atoms with Crippen molar-refractivity contribution in [3.63, 3.8) is 0 Å². The van der Waals surface area contributed by atoms with Crippen LogP contribution < -0.4 is 0 Å². The maximum atomic E-state index is 8.97. The standard InChI is InChI=1S/C24H20N4S/c1-18-7-5-6-10-22(18)28-23(15-19-8-3-2-4-9-19)26-27-24(28)29-17-21-13-11-20(16-25)12-14-21/h2-14H,15,17H2,1H3. The third-order valence-electron chi connectivity index (χ3n) is 4.71. The van der Waals surface area contributed by atoms with Crippen molar-refractivity contribution in [2.45, 2.75) is 24.3 Å². The molecule has 0 saturated heterocycles. The first-order valence-corrected chi connectivity index (χ1v) is 10.4. The van der Waals surface area contributed by atoms with Crippen LogP contribution in [0.25, 0.3) is 5.69 Å². The lowest BCUT2D eigenvalue weighted by atomic mass is 10.1. The van der Waals surface area contributed by atoms with E-state index >= 15 is 0 Å². The highest BCUT2D eigenvalue weighted by atomic mass is 32.2. The molecule has 0 spiro atoms. The minimum Gasteiger partial charge on any atom is -0.273 e. The van der Waals surface area contributed by atoms with Gasteiger partial charge in [0.2, 0.25) is 0 Å². The second-order valence-electron chi connectivity index (χ2n) is 6.78. The maximum absolute atomic E-state index is 8.97. The van der Waals surface area contributed by atoms with Crippen LogP contribution in [0.15, 0.2) is 84.0 Å². The Morgan fingerprint density at radius 2 is 1.59 bits per heavy atom. The van der Waals surface area contributed by atoms with Gasteiger partial charge in [0, 0.05) is 12.2 Å². The fraction of sp³-hybridized carbons (Fsp3) is 0.125. The number of nitrogens with zero attached hydrogens (tertiary/aromatic N) is 4. The van der Waals surface area contributed by atoms with Gasteiger partial charge in [0.25, 0.3) is 0 Å². The van der Waals surface area contributed by atoms with Crippen LogP contribution >= 0.6 is 11.8 Å². The quantitative estimate of drug-likeness (QED) is 0.413. The number of nitriles is 1. The number of rotatable bonds is 6. The number of benzene rings is 3. The molecule has 0 radical (unpaired) electrons. The minimum atomic E-state index is 0.673. The van der Waals surface area contributed by atoms with Crippen molar-refractivity contribution in [2.24, 2.45) is 0 Å². The van der Waals surface area contributed by atoms with Gasteiger partial charge in [0.15, 0.2) is 5.16 Å². The van der Waals surface area contributed by atoms with E-state index in [-0.39, 0.29) is 0 Å². The second-order valence-corrected chi connectivity index (χ2v) is 7.72. The van der Waals surface area contributed by atoms with Crippen molar-refractivity contribution in [2.75, 3.05) is 0 Å². The third-order valence-corrected chi connectivity index (χ3v) is 5.71. The topological polar surface area (TPSA) is 54.5 Å². The summed E-state index contributed by atoms with van der Waals surface area (Å²) in [6.07, 6.45) is 0.722. The average molecular weight is 397 g/mol. The molecule has 0 bridgehead atoms. The molecule has 142 valence electrons. The van der Waals surface area contributed by atoms with E-state index in [4.69, 9.17) is 5.26 Å². The van der Waals surface area contributed by atoms with E-state index in [2.05, 4.69) is 52.0 Å². The van der Waals surface area contributed by atoms with E-state index in [1.807, 2.05) is 54.6 Å². The summed E-state index contributed by atoms with van der Waals surface area (Å²) in [7, 11) is 0. The van der Waals surface area contributed by atoms with Crippen LogP contribution in [-0.4, -0.2) is 14.8 Å². The van der Waals surface area contributed by atoms with Crippen molar-refractivity contribution in [3.05, 3.63) is 107 Å². The molecule has 4 nitrogen and oxygen atoms in total. The predicted octanol–water partition coefficient (Wildman–Crippen LogP) is 5.33. The van der Waals surface area contributed by atoms with Gasteiger partial charge in [-0.15, -0.1) is 10.2 Å². The molecule has 29 heavy (non-hydrogen) atoms. The Labute approximate surface area is 174 Å². The summed E-state index contributed by atoms with van der Waals surface area (Å²) in [4.78, 5) is 0. The number of aromatic nitrogens is 3. The molecular weight excluding hydrogens is 376 g/mol. The van der Waals surface area contributed by atoms with E-state index in [0.29, 0.717) is 5.56 Å². The van der Waals surface area contributed by atoms with E-state index in [1.165, 1.54) is 11.1 Å². The summed E-state index contributed by atoms with van der Waals surface area (Å²) in [6.45, 7) is 2.11. The largest absolute Gasteiger partial charge is 0.273 e. The highest BCUT2D eigenvalue weighted by Gasteiger charge is 2.16. The molecule has 0 amide bonds. The smallest absolute Gasteiger partial charge is 0.196 e. The van der Waals surface area contributed by atoms with Crippen LogP contribution in [-0.2, 0) is 12.2 Å². The van der Waals surface area contributed by atoms with Crippen molar-refractivity contribution in [1.29, 1.82) is 5.26 Å². The Morgan fingerprint density at radius 3 is 2.31 bits per heavy atom. The molecule has 5 heteroatoms. The van der Waals surface area contributed by atoms with Gasteiger partial charge in [-0.3, -0.25) is 4.57 Å². The zero-order chi connectivity index (χ0) is 20.1. The van der Waals surface area contributed by atoms with Gasteiger partial charge in [-0.1, -0.05) is 72.4 Å². The zero-order valence-electron chi connectivity index (χ0n) is 16.1. The monoisotopic (exact) mass is 396 g/mol. The molecule has 0 fully saturated rings. The maximum Gasteiger partial charge on any atom is 0.196 e. The van der Waals surface area contributed by atoms with E-state index in [0.717, 1.165) is 34.4 Å². The van der Waals surface area contributed by atoms with Gasteiger partial charge < -0.3 is 0 Å². The Morgan fingerprint density at radius 1 is 0.862 bits per heavy atom. The Hall–Kier alpha value is -3.36. The summed E-state index contributed by atoms with van der Waals surface area (Å²) < 4.78 is 2.16. The lowest BCUT2D eigenvalue weighted by Crippen LogP contribution is -2.05. The van der Waals surface area contributed by atoms with E-state index < -0.39 is 0 Å². The second kappa shape index (κ2) is 8.76. The van der Waals surface area contributed by atoms with Gasteiger partial charge >= 0.3 is 0 Å². The fourth-order valence-electron chi connectivity index (χ4n) is 3.17. The summed E-state index contributed by atoms with van der Waals surface area (Å²) in [5.74, 6) is 1.69. The summed E-state index contributed by atoms with van der Waals surface area (Å²) >= 11 is 1.65. The number of thioether (sulfide) groups is 1. The van der Waals surface area contributed by atoms with Crippen molar-refractivity contribution < 1.29 is 0 Å². The number of hydrogen-bond donors (Lipinski definition) is 0. The van der Waals surface area contributed by atoms with Gasteiger partial charge in [-0.05, 0) is 41.8 Å². The molecule has 0 aliphatic heterocycles. The van der Waals surface area contributed by atoms with E-state index in [9.17, 15) is 0 Å². The summed E-state index contributed by atoms with van der Waals surface area (Å²) in [5, 5.41) is 18.9. The molecule has 3 aromatic carbocycles. The molecule has 0 aliphatic rings. The van der Waals surface area contributed by atoms with Crippen LogP contribution in [0.3, 0.4) is 0 Å². The van der Waals surface area contributed by atoms with E-state index in [1.54, 1.807) is 11.8 Å². The Kier molecular flexibility index (Phi) is 5.73. The Balaban J connectivity index is 1.66. The zero-order valence-corrected chi connectivity index (χ0v) is 16.9. The number of aryl methyl sites for hydroxylation is 1. The molecule has 0 unspecified atom stereocenters. The Bertz CT molecular complexity index is 1140. The molecule has 0 saturated carbocycles. The normalized spacial score (nSPS) is 10.6. The molecule has 0 atom stereocenters. The average Bonchev–Trinajstić information content (AvgIpc) is 3.16. The van der Waals surface area contributed by atoms with Crippen LogP contribution in [0.1, 0.15) is 28.1 Å². The lowest BCUT2D eigenvalue weighted by Gasteiger charge is -2.13. The molecule has 1 heterocycles. The SMILES string of the molecule is Cc1ccccc1-n1c(Cc2ccccc2)nnc1SCc1ccc(C#N)cc1. The molecule has 4 aromatic rings. The lowest BCUT2D eigenvalue weighted by molar-refractivity contribution is 0.841. The van der Waals surface area contributed by atoms with Crippen LogP contribution in [0.4, 0.5) is 0 Å². The van der Waals surface area contributed by atoms with Crippen molar-refractivity contribution in [1.82, 2.24) is 14.8 Å². The first-order valence-electron chi connectivity index (χ1n) is 9.40. The highest BCUT2D eigenvalue weighted by Crippen LogP contribution is 2.27. The molecule has 4 rings (SSSR count). The molecule has 0 N–H and O–H groups in total. The first kappa shape index (κ1) is 19.0. The molecular formula is C24H20N4S. The summed E-state index contributed by atoms with van der Waals surface area (Å²) in [6, 6.07) is 28.5. The summed E-state index contributed by atoms with van der Waals surface area (Å²) in [5.41, 5.74) is 5.32. The minimum absolute atomic E-state index is 0.673. The van der Waals surface area contributed by atoms with Crippen molar-refractivity contribution in [3.8, 4) is 11.8 Å². The van der Waals surface area contributed by atoms with Crippen LogP contribution in [0.5, 0.6) is 0 Å². The predicted molar refractivity (Wildman–Crippen MR) is 116 cm³/mol. The fourth-order valence-corrected chi connectivity index (χ4v) is 4.09. The van der Waals surface area contributed by atoms with Crippen molar-refractivity contribution >= 4 is 11.8 Å². The first-order chi connectivity index (χ1) is 14.2. The molecule has 1 aromatic heterocycles. The third kappa shape index (κ3) is 4.39. The van der Waals surface area contributed by atoms with Gasteiger partial charge in [-0.2, -0.15) is 5.26 Å². The van der Waals surface area contributed by atoms with Crippen LogP contribution in [0.2, 0.25) is 0 Å². The number of para-hydroxylation sites is 1. The van der Waals surface area contributed by atoms with Crippen LogP contribution in [0, 0.1) is 18.3 Å². The van der Waals surface area contributed by atoms with Gasteiger partial charge in [0.1, 0.15) is 5.82 Å². The van der Waals surface area contributed by atoms with Gasteiger partial charge in [0.05, 0.1) is 17.3 Å². The molecule has 0 aliphatic carbocycles. The number of hydrogen-bond acceptors (Lipinski definition) is 4. The van der Waals surface area contributed by atoms with Gasteiger partial charge in [-0.25, -0.2) is 0 Å².